The molecule has 284 valence electrons. The minimum Gasteiger partial charge on any atom is -0.454 e. The van der Waals surface area contributed by atoms with Gasteiger partial charge in [-0.2, -0.15) is 0 Å². The molecule has 0 atom stereocenters. The first-order valence-electron chi connectivity index (χ1n) is 20.9. The highest BCUT2D eigenvalue weighted by Crippen LogP contribution is 2.63. The molecule has 3 aliphatic rings. The van der Waals surface area contributed by atoms with Crippen LogP contribution in [0.1, 0.15) is 47.2 Å². The van der Waals surface area contributed by atoms with Crippen LogP contribution in [0.4, 0.5) is 17.1 Å². The summed E-state index contributed by atoms with van der Waals surface area (Å²) in [6.45, 7) is 4.72. The van der Waals surface area contributed by atoms with E-state index in [1.807, 2.05) is 0 Å². The zero-order valence-electron chi connectivity index (χ0n) is 33.6. The van der Waals surface area contributed by atoms with E-state index in [0.29, 0.717) is 0 Å². The summed E-state index contributed by atoms with van der Waals surface area (Å²) in [6, 6.07) is 77.9. The van der Waals surface area contributed by atoms with Crippen LogP contribution in [-0.4, -0.2) is 0 Å². The Morgan fingerprint density at radius 1 is 0.350 bits per heavy atom. The lowest BCUT2D eigenvalue weighted by molar-refractivity contribution is 0.436. The number of hydrogen-bond donors (Lipinski definition) is 0. The zero-order chi connectivity index (χ0) is 40.0. The molecule has 0 aromatic heterocycles. The van der Waals surface area contributed by atoms with Crippen LogP contribution in [0.5, 0.6) is 11.5 Å². The van der Waals surface area contributed by atoms with E-state index in [1.54, 1.807) is 0 Å². The maximum Gasteiger partial charge on any atom is 0.156 e. The Bertz CT molecular complexity index is 3110. The van der Waals surface area contributed by atoms with E-state index in [-0.39, 0.29) is 5.41 Å². The fourth-order valence-electron chi connectivity index (χ4n) is 10.8. The maximum absolute atomic E-state index is 7.40. The van der Waals surface area contributed by atoms with Crippen LogP contribution in [0.15, 0.2) is 212 Å². The molecule has 2 nitrogen and oxygen atoms in total. The summed E-state index contributed by atoms with van der Waals surface area (Å²) in [4.78, 5) is 2.45. The summed E-state index contributed by atoms with van der Waals surface area (Å²) in [5.74, 6) is 1.70. The number of rotatable bonds is 4. The number of anilines is 3. The van der Waals surface area contributed by atoms with E-state index in [2.05, 4.69) is 231 Å². The zero-order valence-corrected chi connectivity index (χ0v) is 33.6. The van der Waals surface area contributed by atoms with Gasteiger partial charge in [0.2, 0.25) is 0 Å². The van der Waals surface area contributed by atoms with Crippen LogP contribution < -0.4 is 9.64 Å². The highest BCUT2D eigenvalue weighted by atomic mass is 16.5. The molecule has 0 radical (unpaired) electrons. The predicted molar refractivity (Wildman–Crippen MR) is 247 cm³/mol. The number of ether oxygens (including phenoxy) is 1. The Kier molecular flexibility index (Phi) is 7.52. The van der Waals surface area contributed by atoms with Crippen molar-refractivity contribution in [1.29, 1.82) is 0 Å². The normalized spacial score (nSPS) is 14.2. The van der Waals surface area contributed by atoms with Crippen LogP contribution in [0.2, 0.25) is 0 Å². The second-order valence-corrected chi connectivity index (χ2v) is 16.8. The molecule has 0 N–H and O–H groups in total. The van der Waals surface area contributed by atoms with Gasteiger partial charge in [0.25, 0.3) is 0 Å². The quantitative estimate of drug-likeness (QED) is 0.177. The number of para-hydroxylation sites is 3. The molecule has 0 saturated heterocycles. The number of benzene rings is 9. The minimum absolute atomic E-state index is 0.176. The molecule has 1 aliphatic heterocycles. The number of fused-ring (bicyclic) bond motifs is 14. The van der Waals surface area contributed by atoms with E-state index < -0.39 is 5.41 Å². The van der Waals surface area contributed by atoms with Gasteiger partial charge in [-0.15, -0.1) is 0 Å². The van der Waals surface area contributed by atoms with Gasteiger partial charge in [-0.3, -0.25) is 0 Å². The van der Waals surface area contributed by atoms with Gasteiger partial charge < -0.3 is 9.64 Å². The number of nitrogens with zero attached hydrogens (tertiary/aromatic N) is 1. The first-order valence-corrected chi connectivity index (χ1v) is 20.9. The molecule has 2 heteroatoms. The Balaban J connectivity index is 1.19. The number of hydrogen-bond acceptors (Lipinski definition) is 2. The Labute approximate surface area is 351 Å². The van der Waals surface area contributed by atoms with Crippen molar-refractivity contribution in [3.8, 4) is 56.0 Å². The van der Waals surface area contributed by atoms with Crippen molar-refractivity contribution in [2.45, 2.75) is 24.7 Å². The third-order valence-electron chi connectivity index (χ3n) is 13.4. The first kappa shape index (κ1) is 34.6. The molecule has 0 saturated carbocycles. The van der Waals surface area contributed by atoms with Crippen molar-refractivity contribution in [1.82, 2.24) is 0 Å². The highest BCUT2D eigenvalue weighted by Gasteiger charge is 2.50. The monoisotopic (exact) mass is 767 g/mol. The first-order chi connectivity index (χ1) is 29.5. The van der Waals surface area contributed by atoms with E-state index >= 15 is 0 Å². The van der Waals surface area contributed by atoms with Crippen molar-refractivity contribution in [2.75, 3.05) is 4.90 Å². The molecule has 0 fully saturated rings. The van der Waals surface area contributed by atoms with E-state index in [9.17, 15) is 0 Å². The third-order valence-corrected chi connectivity index (χ3v) is 13.4. The molecule has 2 aliphatic carbocycles. The Morgan fingerprint density at radius 3 is 1.52 bits per heavy atom. The van der Waals surface area contributed by atoms with Gasteiger partial charge in [-0.05, 0) is 91.5 Å². The molecule has 0 bridgehead atoms. The van der Waals surface area contributed by atoms with Crippen LogP contribution in [-0.2, 0) is 10.8 Å². The van der Waals surface area contributed by atoms with Gasteiger partial charge in [0, 0.05) is 27.8 Å². The third kappa shape index (κ3) is 4.76. The highest BCUT2D eigenvalue weighted by molar-refractivity contribution is 5.96. The second-order valence-electron chi connectivity index (χ2n) is 16.8. The average Bonchev–Trinajstić information content (AvgIpc) is 3.47. The van der Waals surface area contributed by atoms with Crippen molar-refractivity contribution in [2.24, 2.45) is 0 Å². The van der Waals surface area contributed by atoms with Crippen molar-refractivity contribution in [3.63, 3.8) is 0 Å². The van der Waals surface area contributed by atoms with Gasteiger partial charge in [-0.25, -0.2) is 0 Å². The lowest BCUT2D eigenvalue weighted by Crippen LogP contribution is -2.35. The van der Waals surface area contributed by atoms with E-state index in [4.69, 9.17) is 4.74 Å². The predicted octanol–water partition coefficient (Wildman–Crippen LogP) is 15.3. The molecule has 1 spiro atoms. The summed E-state index contributed by atoms with van der Waals surface area (Å²) in [6.07, 6.45) is 0. The average molecular weight is 768 g/mol. The SMILES string of the molecule is CC1(C)c2ccccc2-c2ccc(N(c3ccccc3-c3ccccc3)c3cccc4c3Oc3ccccc3C43c4ccccc4-c4ccccc4-c4ccccc43)cc21. The minimum atomic E-state index is -0.710. The van der Waals surface area contributed by atoms with Crippen LogP contribution >= 0.6 is 0 Å². The van der Waals surface area contributed by atoms with Crippen LogP contribution in [0, 0.1) is 0 Å². The lowest BCUT2D eigenvalue weighted by atomic mass is 9.62. The summed E-state index contributed by atoms with van der Waals surface area (Å²) in [7, 11) is 0. The Morgan fingerprint density at radius 2 is 0.833 bits per heavy atom. The van der Waals surface area contributed by atoms with Crippen LogP contribution in [0.25, 0.3) is 44.5 Å². The molecule has 60 heavy (non-hydrogen) atoms. The molecule has 1 heterocycles. The Hall–Kier alpha value is -7.42. The molecule has 9 aromatic rings. The van der Waals surface area contributed by atoms with Gasteiger partial charge in [0.15, 0.2) is 5.75 Å². The van der Waals surface area contributed by atoms with Crippen LogP contribution in [0.3, 0.4) is 0 Å². The standard InChI is InChI=1S/C58H41NO/c1-57(2)47-27-12-8-26-45(47)46-36-35-39(37-52(46)57)59(53-32-16-11-21-40(53)38-19-4-3-5-20-38)54-33-18-31-51-56(54)60-55-34-17-15-30-50(55)58(51)48-28-13-9-24-43(48)41-22-6-7-23-42(41)44-25-10-14-29-49(44)58/h3-37H,1-2H3. The summed E-state index contributed by atoms with van der Waals surface area (Å²) in [5.41, 5.74) is 19.5. The lowest BCUT2D eigenvalue weighted by Gasteiger charge is -2.43. The topological polar surface area (TPSA) is 12.5 Å². The molecular weight excluding hydrogens is 727 g/mol. The van der Waals surface area contributed by atoms with Gasteiger partial charge in [-0.1, -0.05) is 196 Å². The van der Waals surface area contributed by atoms with Gasteiger partial charge in [0.05, 0.1) is 16.8 Å². The summed E-state index contributed by atoms with van der Waals surface area (Å²) in [5, 5.41) is 0. The smallest absolute Gasteiger partial charge is 0.156 e. The van der Waals surface area contributed by atoms with Gasteiger partial charge >= 0.3 is 0 Å². The van der Waals surface area contributed by atoms with E-state index in [1.165, 1.54) is 55.6 Å². The molecular formula is C58H41NO. The second kappa shape index (κ2) is 13.0. The molecule has 0 unspecified atom stereocenters. The molecule has 12 rings (SSSR count). The largest absolute Gasteiger partial charge is 0.454 e. The van der Waals surface area contributed by atoms with Crippen molar-refractivity contribution < 1.29 is 4.74 Å². The van der Waals surface area contributed by atoms with E-state index in [0.717, 1.165) is 50.8 Å². The van der Waals surface area contributed by atoms with Gasteiger partial charge in [0.1, 0.15) is 5.75 Å². The van der Waals surface area contributed by atoms with Crippen molar-refractivity contribution in [3.05, 3.63) is 246 Å². The molecule has 0 amide bonds. The van der Waals surface area contributed by atoms with Crippen molar-refractivity contribution >= 4 is 17.1 Å². The molecule has 9 aromatic carbocycles. The fourth-order valence-corrected chi connectivity index (χ4v) is 10.8. The summed E-state index contributed by atoms with van der Waals surface area (Å²) >= 11 is 0. The fraction of sp³-hybridized carbons (Fsp3) is 0.0690. The maximum atomic E-state index is 7.40. The summed E-state index contributed by atoms with van der Waals surface area (Å²) < 4.78 is 7.40.